The Hall–Kier alpha value is -0.0800. The van der Waals surface area contributed by atoms with E-state index in [1.54, 1.807) is 0 Å². The van der Waals surface area contributed by atoms with Gasteiger partial charge in [0.1, 0.15) is 0 Å². The van der Waals surface area contributed by atoms with Crippen LogP contribution in [0.15, 0.2) is 0 Å². The Labute approximate surface area is 93.0 Å². The third kappa shape index (κ3) is 1.83. The highest BCUT2D eigenvalue weighted by Gasteiger charge is 2.53. The Morgan fingerprint density at radius 3 is 2.20 bits per heavy atom. The van der Waals surface area contributed by atoms with Gasteiger partial charge in [0.15, 0.2) is 0 Å². The summed E-state index contributed by atoms with van der Waals surface area (Å²) >= 11 is 0. The Morgan fingerprint density at radius 2 is 1.60 bits per heavy atom. The lowest BCUT2D eigenvalue weighted by atomic mass is 9.81. The molecule has 2 saturated carbocycles. The number of hydrogen-bond acceptors (Lipinski definition) is 2. The Morgan fingerprint density at radius 1 is 0.933 bits per heavy atom. The Kier molecular flexibility index (Phi) is 2.73. The van der Waals surface area contributed by atoms with Gasteiger partial charge in [-0.05, 0) is 31.6 Å². The van der Waals surface area contributed by atoms with Crippen molar-refractivity contribution in [2.24, 2.45) is 5.92 Å². The maximum Gasteiger partial charge on any atom is 0.0594 e. The van der Waals surface area contributed by atoms with Crippen molar-refractivity contribution in [2.75, 3.05) is 26.3 Å². The smallest absolute Gasteiger partial charge is 0.0594 e. The molecule has 0 aromatic rings. The van der Waals surface area contributed by atoms with Crippen LogP contribution in [0.2, 0.25) is 0 Å². The molecule has 1 aliphatic heterocycles. The quantitative estimate of drug-likeness (QED) is 0.692. The van der Waals surface area contributed by atoms with Crippen molar-refractivity contribution >= 4 is 0 Å². The summed E-state index contributed by atoms with van der Waals surface area (Å²) < 4.78 is 5.47. The molecule has 0 radical (unpaired) electrons. The molecular formula is C13H23NO. The molecule has 0 bridgehead atoms. The van der Waals surface area contributed by atoms with E-state index in [1.165, 1.54) is 58.0 Å². The Bertz CT molecular complexity index is 193. The van der Waals surface area contributed by atoms with E-state index in [9.17, 15) is 0 Å². The van der Waals surface area contributed by atoms with E-state index >= 15 is 0 Å². The molecular weight excluding hydrogens is 186 g/mol. The summed E-state index contributed by atoms with van der Waals surface area (Å²) in [5, 5.41) is 0. The molecule has 86 valence electrons. The molecule has 2 nitrogen and oxygen atoms in total. The van der Waals surface area contributed by atoms with Gasteiger partial charge in [-0.1, -0.05) is 19.3 Å². The number of rotatable bonds is 2. The Balaban J connectivity index is 1.66. The largest absolute Gasteiger partial charge is 0.379 e. The first-order chi connectivity index (χ1) is 7.42. The average Bonchev–Trinajstić information content (AvgIpc) is 3.13. The van der Waals surface area contributed by atoms with Gasteiger partial charge in [0, 0.05) is 18.6 Å². The van der Waals surface area contributed by atoms with Crippen molar-refractivity contribution in [3.05, 3.63) is 0 Å². The molecule has 1 saturated heterocycles. The predicted octanol–water partition coefficient (Wildman–Crippen LogP) is 2.43. The van der Waals surface area contributed by atoms with Crippen molar-refractivity contribution in [3.8, 4) is 0 Å². The van der Waals surface area contributed by atoms with Gasteiger partial charge in [-0.2, -0.15) is 0 Å². The lowest BCUT2D eigenvalue weighted by Gasteiger charge is -2.41. The maximum atomic E-state index is 5.47. The summed E-state index contributed by atoms with van der Waals surface area (Å²) in [5.74, 6) is 1.02. The molecule has 3 fully saturated rings. The van der Waals surface area contributed by atoms with Crippen LogP contribution < -0.4 is 0 Å². The zero-order valence-electron chi connectivity index (χ0n) is 9.71. The van der Waals surface area contributed by atoms with E-state index in [2.05, 4.69) is 4.90 Å². The van der Waals surface area contributed by atoms with Crippen molar-refractivity contribution in [2.45, 2.75) is 50.5 Å². The van der Waals surface area contributed by atoms with Crippen LogP contribution in [-0.4, -0.2) is 36.7 Å². The fraction of sp³-hybridized carbons (Fsp3) is 1.00. The van der Waals surface area contributed by atoms with Crippen LogP contribution >= 0.6 is 0 Å². The van der Waals surface area contributed by atoms with Gasteiger partial charge in [-0.3, -0.25) is 4.90 Å². The highest BCUT2D eigenvalue weighted by atomic mass is 16.5. The molecule has 2 heteroatoms. The SMILES string of the molecule is C1CCC(C2(N3CCOCC3)CC2)CC1. The van der Waals surface area contributed by atoms with Crippen molar-refractivity contribution in [3.63, 3.8) is 0 Å². The molecule has 3 rings (SSSR count). The standard InChI is InChI=1S/C13H23NO/c1-2-4-12(5-3-1)13(6-7-13)14-8-10-15-11-9-14/h12H,1-11H2. The molecule has 0 unspecified atom stereocenters. The second-order valence-corrected chi connectivity index (χ2v) is 5.54. The summed E-state index contributed by atoms with van der Waals surface area (Å²) in [6, 6.07) is 0. The summed E-state index contributed by atoms with van der Waals surface area (Å²) in [5.41, 5.74) is 0.643. The van der Waals surface area contributed by atoms with Crippen LogP contribution in [-0.2, 0) is 4.74 Å². The van der Waals surface area contributed by atoms with E-state index in [-0.39, 0.29) is 0 Å². The zero-order valence-corrected chi connectivity index (χ0v) is 9.71. The third-order valence-corrected chi connectivity index (χ3v) is 4.77. The highest BCUT2D eigenvalue weighted by molar-refractivity contribution is 5.08. The van der Waals surface area contributed by atoms with Crippen LogP contribution in [0.3, 0.4) is 0 Å². The van der Waals surface area contributed by atoms with Crippen molar-refractivity contribution < 1.29 is 4.74 Å². The van der Waals surface area contributed by atoms with Crippen LogP contribution in [0.5, 0.6) is 0 Å². The number of nitrogens with zero attached hydrogens (tertiary/aromatic N) is 1. The minimum atomic E-state index is 0.643. The minimum absolute atomic E-state index is 0.643. The van der Waals surface area contributed by atoms with Crippen LogP contribution in [0.4, 0.5) is 0 Å². The lowest BCUT2D eigenvalue weighted by molar-refractivity contribution is -0.0121. The molecule has 2 aliphatic carbocycles. The van der Waals surface area contributed by atoms with Crippen molar-refractivity contribution in [1.29, 1.82) is 0 Å². The molecule has 0 N–H and O–H groups in total. The summed E-state index contributed by atoms with van der Waals surface area (Å²) in [4.78, 5) is 2.76. The van der Waals surface area contributed by atoms with Crippen LogP contribution in [0, 0.1) is 5.92 Å². The summed E-state index contributed by atoms with van der Waals surface area (Å²) in [6.07, 6.45) is 10.4. The maximum absolute atomic E-state index is 5.47. The van der Waals surface area contributed by atoms with Gasteiger partial charge in [-0.15, -0.1) is 0 Å². The van der Waals surface area contributed by atoms with E-state index in [0.717, 1.165) is 19.1 Å². The normalized spacial score (nSPS) is 32.8. The van der Waals surface area contributed by atoms with Crippen LogP contribution in [0.25, 0.3) is 0 Å². The van der Waals surface area contributed by atoms with Gasteiger partial charge in [0.25, 0.3) is 0 Å². The average molecular weight is 209 g/mol. The molecule has 0 spiro atoms. The molecule has 0 aromatic carbocycles. The number of morpholine rings is 1. The van der Waals surface area contributed by atoms with E-state index in [1.807, 2.05) is 0 Å². The molecule has 15 heavy (non-hydrogen) atoms. The zero-order chi connectivity index (χ0) is 10.1. The summed E-state index contributed by atoms with van der Waals surface area (Å²) in [7, 11) is 0. The molecule has 0 aromatic heterocycles. The predicted molar refractivity (Wildman–Crippen MR) is 60.9 cm³/mol. The first-order valence-electron chi connectivity index (χ1n) is 6.75. The van der Waals surface area contributed by atoms with E-state index in [0.29, 0.717) is 5.54 Å². The number of ether oxygens (including phenoxy) is 1. The minimum Gasteiger partial charge on any atom is -0.379 e. The van der Waals surface area contributed by atoms with Gasteiger partial charge >= 0.3 is 0 Å². The van der Waals surface area contributed by atoms with Gasteiger partial charge < -0.3 is 4.74 Å². The third-order valence-electron chi connectivity index (χ3n) is 4.77. The molecule has 1 heterocycles. The lowest BCUT2D eigenvalue weighted by Crippen LogP contribution is -2.49. The second-order valence-electron chi connectivity index (χ2n) is 5.54. The van der Waals surface area contributed by atoms with Gasteiger partial charge in [-0.25, -0.2) is 0 Å². The number of hydrogen-bond donors (Lipinski definition) is 0. The first kappa shape index (κ1) is 10.1. The topological polar surface area (TPSA) is 12.5 Å². The monoisotopic (exact) mass is 209 g/mol. The first-order valence-corrected chi connectivity index (χ1v) is 6.75. The fourth-order valence-corrected chi connectivity index (χ4v) is 3.76. The van der Waals surface area contributed by atoms with E-state index in [4.69, 9.17) is 4.74 Å². The summed E-state index contributed by atoms with van der Waals surface area (Å²) in [6.45, 7) is 4.32. The molecule has 0 atom stereocenters. The fourth-order valence-electron chi connectivity index (χ4n) is 3.76. The van der Waals surface area contributed by atoms with Crippen molar-refractivity contribution in [1.82, 2.24) is 4.90 Å². The molecule has 3 aliphatic rings. The van der Waals surface area contributed by atoms with E-state index < -0.39 is 0 Å². The van der Waals surface area contributed by atoms with Gasteiger partial charge in [0.2, 0.25) is 0 Å². The second kappa shape index (κ2) is 4.06. The van der Waals surface area contributed by atoms with Gasteiger partial charge in [0.05, 0.1) is 13.2 Å². The highest BCUT2D eigenvalue weighted by Crippen LogP contribution is 2.52. The molecule has 0 amide bonds. The van der Waals surface area contributed by atoms with Crippen LogP contribution in [0.1, 0.15) is 44.9 Å².